The molecule has 1 N–H and O–H groups in total. The summed E-state index contributed by atoms with van der Waals surface area (Å²) in [6.07, 6.45) is 1.15. The lowest BCUT2D eigenvalue weighted by Crippen LogP contribution is -2.32. The SMILES string of the molecule is COc1cccc(C(=O)/C=C2\N=c3ccc(C(=O)Nc4cccc(C)c4)cc3=NC2=O)c1. The number of hydrogen-bond donors (Lipinski definition) is 1. The fourth-order valence-electron chi connectivity index (χ4n) is 3.20. The number of ketones is 1. The Hall–Kier alpha value is -4.39. The van der Waals surface area contributed by atoms with Gasteiger partial charge in [0.15, 0.2) is 5.78 Å². The first kappa shape index (κ1) is 20.9. The van der Waals surface area contributed by atoms with Gasteiger partial charge in [-0.3, -0.25) is 14.4 Å². The van der Waals surface area contributed by atoms with Crippen LogP contribution in [0.2, 0.25) is 0 Å². The molecule has 158 valence electrons. The number of anilines is 1. The maximum atomic E-state index is 12.6. The number of ether oxygens (including phenoxy) is 1. The number of nitrogens with one attached hydrogen (secondary N) is 1. The quantitative estimate of drug-likeness (QED) is 0.502. The van der Waals surface area contributed by atoms with E-state index in [9.17, 15) is 14.4 Å². The molecule has 4 rings (SSSR count). The maximum Gasteiger partial charge on any atom is 0.296 e. The van der Waals surface area contributed by atoms with Crippen LogP contribution in [0.25, 0.3) is 0 Å². The molecule has 0 aromatic heterocycles. The number of benzene rings is 3. The van der Waals surface area contributed by atoms with Crippen molar-refractivity contribution in [3.8, 4) is 5.75 Å². The summed E-state index contributed by atoms with van der Waals surface area (Å²) in [5, 5.41) is 3.50. The van der Waals surface area contributed by atoms with Gasteiger partial charge in [-0.05, 0) is 55.0 Å². The number of methoxy groups -OCH3 is 1. The van der Waals surface area contributed by atoms with Crippen LogP contribution >= 0.6 is 0 Å². The van der Waals surface area contributed by atoms with Crippen molar-refractivity contribution < 1.29 is 19.1 Å². The van der Waals surface area contributed by atoms with E-state index in [2.05, 4.69) is 15.3 Å². The summed E-state index contributed by atoms with van der Waals surface area (Å²) in [5.41, 5.74) is 2.34. The molecule has 0 aliphatic carbocycles. The molecule has 1 aliphatic rings. The molecule has 0 saturated heterocycles. The van der Waals surface area contributed by atoms with Crippen LogP contribution in [-0.2, 0) is 4.79 Å². The van der Waals surface area contributed by atoms with E-state index in [0.29, 0.717) is 27.9 Å². The first-order chi connectivity index (χ1) is 15.4. The average Bonchev–Trinajstić information content (AvgIpc) is 2.79. The molecule has 0 fully saturated rings. The Morgan fingerprint density at radius 3 is 2.50 bits per heavy atom. The van der Waals surface area contributed by atoms with Crippen molar-refractivity contribution in [2.24, 2.45) is 9.98 Å². The van der Waals surface area contributed by atoms with E-state index in [4.69, 9.17) is 4.74 Å². The zero-order chi connectivity index (χ0) is 22.7. The molecule has 0 radical (unpaired) electrons. The van der Waals surface area contributed by atoms with Gasteiger partial charge in [0.25, 0.3) is 11.8 Å². The smallest absolute Gasteiger partial charge is 0.296 e. The third kappa shape index (κ3) is 4.52. The van der Waals surface area contributed by atoms with Crippen molar-refractivity contribution in [3.05, 3.63) is 106 Å². The standard InChI is InChI=1S/C25H19N3O4/c1-15-5-3-7-18(11-15)26-24(30)17-9-10-20-21(13-17)28-25(31)22(27-20)14-23(29)16-6-4-8-19(12-16)32-2/h3-14H,1-2H3,(H,26,30)/b22-14-. The minimum atomic E-state index is -0.648. The topological polar surface area (TPSA) is 97.2 Å². The van der Waals surface area contributed by atoms with E-state index < -0.39 is 5.91 Å². The van der Waals surface area contributed by atoms with Gasteiger partial charge in [-0.1, -0.05) is 24.3 Å². The highest BCUT2D eigenvalue weighted by molar-refractivity contribution is 6.10. The molecule has 3 aromatic carbocycles. The molecule has 0 bridgehead atoms. The number of allylic oxidation sites excluding steroid dienone is 1. The van der Waals surface area contributed by atoms with Gasteiger partial charge >= 0.3 is 0 Å². The van der Waals surface area contributed by atoms with Crippen molar-refractivity contribution in [3.63, 3.8) is 0 Å². The van der Waals surface area contributed by atoms with Gasteiger partial charge in [0.1, 0.15) is 11.4 Å². The zero-order valence-electron chi connectivity index (χ0n) is 17.5. The molecule has 0 saturated carbocycles. The van der Waals surface area contributed by atoms with Crippen LogP contribution in [0.4, 0.5) is 5.69 Å². The van der Waals surface area contributed by atoms with Crippen molar-refractivity contribution >= 4 is 23.3 Å². The highest BCUT2D eigenvalue weighted by Gasteiger charge is 2.16. The van der Waals surface area contributed by atoms with Crippen LogP contribution in [0.5, 0.6) is 5.75 Å². The third-order valence-corrected chi connectivity index (χ3v) is 4.82. The molecule has 32 heavy (non-hydrogen) atoms. The highest BCUT2D eigenvalue weighted by Crippen LogP contribution is 2.15. The molecule has 0 atom stereocenters. The number of fused-ring (bicyclic) bond motifs is 1. The first-order valence-electron chi connectivity index (χ1n) is 9.83. The third-order valence-electron chi connectivity index (χ3n) is 4.82. The van der Waals surface area contributed by atoms with E-state index in [1.807, 2.05) is 25.1 Å². The second-order valence-corrected chi connectivity index (χ2v) is 7.18. The largest absolute Gasteiger partial charge is 0.497 e. The fraction of sp³-hybridized carbons (Fsp3) is 0.0800. The predicted octanol–water partition coefficient (Wildman–Crippen LogP) is 2.80. The fourth-order valence-corrected chi connectivity index (χ4v) is 3.20. The lowest BCUT2D eigenvalue weighted by atomic mass is 10.1. The average molecular weight is 425 g/mol. The molecule has 0 unspecified atom stereocenters. The minimum absolute atomic E-state index is 0.0673. The Morgan fingerprint density at radius 1 is 0.906 bits per heavy atom. The molecule has 0 spiro atoms. The molecule has 7 heteroatoms. The molecule has 2 amide bonds. The molecule has 3 aromatic rings. The van der Waals surface area contributed by atoms with E-state index in [0.717, 1.165) is 11.6 Å². The van der Waals surface area contributed by atoms with Crippen molar-refractivity contribution in [2.45, 2.75) is 6.92 Å². The second-order valence-electron chi connectivity index (χ2n) is 7.18. The van der Waals surface area contributed by atoms with Crippen LogP contribution in [0.15, 0.2) is 88.5 Å². The van der Waals surface area contributed by atoms with Gasteiger partial charge in [0, 0.05) is 22.9 Å². The Kier molecular flexibility index (Phi) is 5.72. The highest BCUT2D eigenvalue weighted by atomic mass is 16.5. The Balaban J connectivity index is 1.61. The predicted molar refractivity (Wildman–Crippen MR) is 118 cm³/mol. The molecular weight excluding hydrogens is 406 g/mol. The van der Waals surface area contributed by atoms with E-state index >= 15 is 0 Å². The van der Waals surface area contributed by atoms with E-state index in [1.165, 1.54) is 13.2 Å². The minimum Gasteiger partial charge on any atom is -0.497 e. The summed E-state index contributed by atoms with van der Waals surface area (Å²) in [6, 6.07) is 18.8. The molecule has 7 nitrogen and oxygen atoms in total. The van der Waals surface area contributed by atoms with E-state index in [-0.39, 0.29) is 22.7 Å². The van der Waals surface area contributed by atoms with Gasteiger partial charge in [-0.25, -0.2) is 9.98 Å². The molecular formula is C25H19N3O4. The number of carbonyl (C=O) groups excluding carboxylic acids is 3. The van der Waals surface area contributed by atoms with Crippen molar-refractivity contribution in [1.82, 2.24) is 0 Å². The molecule has 1 heterocycles. The van der Waals surface area contributed by atoms with Crippen molar-refractivity contribution in [1.29, 1.82) is 0 Å². The van der Waals surface area contributed by atoms with Crippen LogP contribution in [0.3, 0.4) is 0 Å². The summed E-state index contributed by atoms with van der Waals surface area (Å²) < 4.78 is 5.12. The Bertz CT molecular complexity index is 1410. The van der Waals surface area contributed by atoms with Crippen LogP contribution in [-0.4, -0.2) is 24.7 Å². The van der Waals surface area contributed by atoms with E-state index in [1.54, 1.807) is 42.5 Å². The number of carbonyl (C=O) groups is 3. The van der Waals surface area contributed by atoms with Gasteiger partial charge in [-0.15, -0.1) is 0 Å². The summed E-state index contributed by atoms with van der Waals surface area (Å²) in [7, 11) is 1.51. The second kappa shape index (κ2) is 8.77. The van der Waals surface area contributed by atoms with Crippen LogP contribution in [0, 0.1) is 6.92 Å². The zero-order valence-corrected chi connectivity index (χ0v) is 17.5. The number of hydrogen-bond acceptors (Lipinski definition) is 5. The maximum absolute atomic E-state index is 12.6. The van der Waals surface area contributed by atoms with Crippen molar-refractivity contribution in [2.75, 3.05) is 12.4 Å². The van der Waals surface area contributed by atoms with Gasteiger partial charge in [0.2, 0.25) is 0 Å². The lowest BCUT2D eigenvalue weighted by Gasteiger charge is -2.07. The number of rotatable bonds is 5. The van der Waals surface area contributed by atoms with Crippen LogP contribution in [0.1, 0.15) is 26.3 Å². The summed E-state index contributed by atoms with van der Waals surface area (Å²) >= 11 is 0. The van der Waals surface area contributed by atoms with Gasteiger partial charge < -0.3 is 10.1 Å². The Morgan fingerprint density at radius 2 is 1.72 bits per heavy atom. The first-order valence-corrected chi connectivity index (χ1v) is 9.83. The number of nitrogens with zero attached hydrogens (tertiary/aromatic N) is 2. The normalized spacial score (nSPS) is 13.6. The molecule has 1 aliphatic heterocycles. The lowest BCUT2D eigenvalue weighted by molar-refractivity contribution is -0.114. The number of amides is 2. The Labute approximate surface area is 183 Å². The number of aryl methyl sites for hydroxylation is 1. The monoisotopic (exact) mass is 425 g/mol. The summed E-state index contributed by atoms with van der Waals surface area (Å²) in [4.78, 5) is 45.8. The van der Waals surface area contributed by atoms with Gasteiger partial charge in [-0.2, -0.15) is 0 Å². The summed E-state index contributed by atoms with van der Waals surface area (Å²) in [6.45, 7) is 1.94. The van der Waals surface area contributed by atoms with Gasteiger partial charge in [0.05, 0.1) is 17.8 Å². The van der Waals surface area contributed by atoms with Crippen LogP contribution < -0.4 is 20.8 Å². The summed E-state index contributed by atoms with van der Waals surface area (Å²) in [5.74, 6) is -0.822.